The van der Waals surface area contributed by atoms with E-state index in [9.17, 15) is 23.3 Å². The zero-order chi connectivity index (χ0) is 17.2. The molecule has 0 fully saturated rings. The van der Waals surface area contributed by atoms with E-state index in [1.54, 1.807) is 12.1 Å². The van der Waals surface area contributed by atoms with Crippen LogP contribution in [-0.2, 0) is 6.18 Å². The van der Waals surface area contributed by atoms with Crippen molar-refractivity contribution in [2.24, 2.45) is 0 Å². The molecule has 0 aliphatic rings. The monoisotopic (exact) mass is 323 g/mol. The highest BCUT2D eigenvalue weighted by Crippen LogP contribution is 2.35. The minimum Gasteiger partial charge on any atom is -0.299 e. The highest BCUT2D eigenvalue weighted by molar-refractivity contribution is 5.74. The summed E-state index contributed by atoms with van der Waals surface area (Å²) in [4.78, 5) is 13.7. The Hall–Kier alpha value is -2.90. The summed E-state index contributed by atoms with van der Waals surface area (Å²) in [6.07, 6.45) is 0.276. The van der Waals surface area contributed by atoms with E-state index in [-0.39, 0.29) is 22.6 Å². The van der Waals surface area contributed by atoms with Crippen molar-refractivity contribution >= 4 is 11.2 Å². The molecule has 2 rings (SSSR count). The van der Waals surface area contributed by atoms with Crippen LogP contribution in [0.5, 0.6) is 0 Å². The first-order valence-corrected chi connectivity index (χ1v) is 6.48. The number of nitro groups is 1. The molecule has 0 amide bonds. The minimum absolute atomic E-state index is 0.0303. The van der Waals surface area contributed by atoms with Crippen molar-refractivity contribution < 1.29 is 18.1 Å². The summed E-state index contributed by atoms with van der Waals surface area (Å²) < 4.78 is 40.8. The lowest BCUT2D eigenvalue weighted by Gasteiger charge is -2.07. The molecule has 0 saturated carbocycles. The van der Waals surface area contributed by atoms with Gasteiger partial charge < -0.3 is 0 Å². The van der Waals surface area contributed by atoms with Gasteiger partial charge in [-0.15, -0.1) is 0 Å². The second-order valence-electron chi connectivity index (χ2n) is 4.56. The maximum atomic E-state index is 13.2. The van der Waals surface area contributed by atoms with E-state index < -0.39 is 16.8 Å². The SMILES string of the molecule is C=C(/C=C\C(=C/C)[N+](=O)[O-])c1c(C(F)(F)F)nc2ccccn12. The van der Waals surface area contributed by atoms with Gasteiger partial charge in [-0.2, -0.15) is 13.2 Å². The zero-order valence-electron chi connectivity index (χ0n) is 12.0. The molecule has 0 bridgehead atoms. The van der Waals surface area contributed by atoms with Crippen molar-refractivity contribution in [1.82, 2.24) is 9.38 Å². The molecular weight excluding hydrogens is 311 g/mol. The normalized spacial score (nSPS) is 13.0. The number of fused-ring (bicyclic) bond motifs is 1. The summed E-state index contributed by atoms with van der Waals surface area (Å²) in [6, 6.07) is 4.56. The number of alkyl halides is 3. The Kier molecular flexibility index (Phi) is 4.35. The van der Waals surface area contributed by atoms with Gasteiger partial charge in [-0.3, -0.25) is 14.5 Å². The summed E-state index contributed by atoms with van der Waals surface area (Å²) in [5.74, 6) is 0. The van der Waals surface area contributed by atoms with Crippen LogP contribution in [0.3, 0.4) is 0 Å². The molecule has 2 aromatic rings. The fourth-order valence-electron chi connectivity index (χ4n) is 2.03. The van der Waals surface area contributed by atoms with Crippen molar-refractivity contribution in [2.45, 2.75) is 13.1 Å². The van der Waals surface area contributed by atoms with E-state index in [0.717, 1.165) is 6.08 Å². The Morgan fingerprint density at radius 3 is 2.65 bits per heavy atom. The van der Waals surface area contributed by atoms with Crippen LogP contribution >= 0.6 is 0 Å². The topological polar surface area (TPSA) is 60.4 Å². The van der Waals surface area contributed by atoms with Gasteiger partial charge in [0, 0.05) is 12.3 Å². The fourth-order valence-corrected chi connectivity index (χ4v) is 2.03. The Balaban J connectivity index is 2.56. The molecule has 0 radical (unpaired) electrons. The van der Waals surface area contributed by atoms with Crippen molar-refractivity contribution in [2.75, 3.05) is 0 Å². The Morgan fingerprint density at radius 2 is 2.09 bits per heavy atom. The molecule has 0 saturated heterocycles. The van der Waals surface area contributed by atoms with Crippen molar-refractivity contribution in [3.05, 3.63) is 76.4 Å². The number of hydrogen-bond acceptors (Lipinski definition) is 3. The van der Waals surface area contributed by atoms with Crippen LogP contribution < -0.4 is 0 Å². The van der Waals surface area contributed by atoms with E-state index in [4.69, 9.17) is 0 Å². The molecule has 0 spiro atoms. The second-order valence-corrected chi connectivity index (χ2v) is 4.56. The minimum atomic E-state index is -4.66. The van der Waals surface area contributed by atoms with Crippen LogP contribution in [-0.4, -0.2) is 14.3 Å². The molecule has 23 heavy (non-hydrogen) atoms. The molecule has 0 aromatic carbocycles. The van der Waals surface area contributed by atoms with Crippen molar-refractivity contribution in [1.29, 1.82) is 0 Å². The molecule has 120 valence electrons. The lowest BCUT2D eigenvalue weighted by atomic mass is 10.1. The Bertz CT molecular complexity index is 832. The van der Waals surface area contributed by atoms with Crippen molar-refractivity contribution in [3.8, 4) is 0 Å². The number of nitrogens with zero attached hydrogens (tertiary/aromatic N) is 3. The van der Waals surface area contributed by atoms with Gasteiger partial charge in [0.2, 0.25) is 0 Å². The number of rotatable bonds is 4. The van der Waals surface area contributed by atoms with E-state index >= 15 is 0 Å². The van der Waals surface area contributed by atoms with Gasteiger partial charge in [-0.05, 0) is 36.8 Å². The number of imidazole rings is 1. The third-order valence-corrected chi connectivity index (χ3v) is 3.06. The second kappa shape index (κ2) is 6.07. The largest absolute Gasteiger partial charge is 0.435 e. The zero-order valence-corrected chi connectivity index (χ0v) is 12.0. The molecule has 0 aliphatic carbocycles. The molecule has 0 aliphatic heterocycles. The Morgan fingerprint density at radius 1 is 1.39 bits per heavy atom. The van der Waals surface area contributed by atoms with Crippen LogP contribution in [0.2, 0.25) is 0 Å². The number of pyridine rings is 1. The van der Waals surface area contributed by atoms with Crippen LogP contribution in [0.15, 0.2) is 54.9 Å². The highest BCUT2D eigenvalue weighted by Gasteiger charge is 2.38. The van der Waals surface area contributed by atoms with Gasteiger partial charge >= 0.3 is 6.18 Å². The van der Waals surface area contributed by atoms with Crippen LogP contribution in [0.25, 0.3) is 11.2 Å². The van der Waals surface area contributed by atoms with Crippen LogP contribution in [0, 0.1) is 10.1 Å². The molecule has 0 N–H and O–H groups in total. The Labute approximate surface area is 129 Å². The lowest BCUT2D eigenvalue weighted by Crippen LogP contribution is -2.09. The predicted molar refractivity (Wildman–Crippen MR) is 79.1 cm³/mol. The van der Waals surface area contributed by atoms with Crippen LogP contribution in [0.4, 0.5) is 13.2 Å². The first kappa shape index (κ1) is 16.5. The number of aromatic nitrogens is 2. The van der Waals surface area contributed by atoms with E-state index in [1.807, 2.05) is 0 Å². The maximum Gasteiger partial charge on any atom is 0.435 e. The average molecular weight is 323 g/mol. The van der Waals surface area contributed by atoms with Gasteiger partial charge in [-0.25, -0.2) is 4.98 Å². The van der Waals surface area contributed by atoms with Crippen LogP contribution in [0.1, 0.15) is 18.3 Å². The van der Waals surface area contributed by atoms with Gasteiger partial charge in [0.1, 0.15) is 5.65 Å². The maximum absolute atomic E-state index is 13.2. The smallest absolute Gasteiger partial charge is 0.299 e. The quantitative estimate of drug-likeness (QED) is 0.483. The first-order valence-electron chi connectivity index (χ1n) is 6.48. The molecule has 2 heterocycles. The summed E-state index contributed by atoms with van der Waals surface area (Å²) >= 11 is 0. The standard InChI is InChI=1S/C15H12F3N3O2/c1-3-11(21(22)23)8-7-10(2)13-14(15(16,17)18)19-12-6-4-5-9-20(12)13/h3-9H,2H2,1H3/b8-7-,11-3+. The van der Waals surface area contributed by atoms with E-state index in [1.165, 1.54) is 35.7 Å². The summed E-state index contributed by atoms with van der Waals surface area (Å²) in [5, 5.41) is 10.7. The molecular formula is C15H12F3N3O2. The molecule has 0 unspecified atom stereocenters. The number of halogens is 3. The summed E-state index contributed by atoms with van der Waals surface area (Å²) in [7, 11) is 0. The molecule has 5 nitrogen and oxygen atoms in total. The number of allylic oxidation sites excluding steroid dienone is 4. The average Bonchev–Trinajstić information content (AvgIpc) is 2.87. The van der Waals surface area contributed by atoms with E-state index in [0.29, 0.717) is 0 Å². The van der Waals surface area contributed by atoms with Gasteiger partial charge in [-0.1, -0.05) is 12.6 Å². The van der Waals surface area contributed by atoms with Gasteiger partial charge in [0.05, 0.1) is 10.6 Å². The highest BCUT2D eigenvalue weighted by atomic mass is 19.4. The summed E-state index contributed by atoms with van der Waals surface area (Å²) in [5.41, 5.74) is -1.49. The molecule has 8 heteroatoms. The van der Waals surface area contributed by atoms with Gasteiger partial charge in [0.15, 0.2) is 5.69 Å². The third kappa shape index (κ3) is 3.31. The third-order valence-electron chi connectivity index (χ3n) is 3.06. The molecule has 2 aromatic heterocycles. The number of hydrogen-bond donors (Lipinski definition) is 0. The van der Waals surface area contributed by atoms with Gasteiger partial charge in [0.25, 0.3) is 5.70 Å². The van der Waals surface area contributed by atoms with Crippen molar-refractivity contribution in [3.63, 3.8) is 0 Å². The summed E-state index contributed by atoms with van der Waals surface area (Å²) in [6.45, 7) is 5.05. The lowest BCUT2D eigenvalue weighted by molar-refractivity contribution is -0.419. The predicted octanol–water partition coefficient (Wildman–Crippen LogP) is 4.10. The fraction of sp³-hybridized carbons (Fsp3) is 0.133. The molecule has 0 atom stereocenters. The van der Waals surface area contributed by atoms with E-state index in [2.05, 4.69) is 11.6 Å². The first-order chi connectivity index (χ1) is 10.8.